The first-order valence-corrected chi connectivity index (χ1v) is 14.1. The van der Waals surface area contributed by atoms with E-state index < -0.39 is 11.2 Å². The molecule has 0 aromatic rings. The van der Waals surface area contributed by atoms with Crippen LogP contribution in [0.5, 0.6) is 0 Å². The zero-order valence-electron chi connectivity index (χ0n) is 24.7. The zero-order chi connectivity index (χ0) is 28.6. The van der Waals surface area contributed by atoms with Gasteiger partial charge in [-0.1, -0.05) is 6.08 Å². The van der Waals surface area contributed by atoms with Crippen LogP contribution in [0, 0.1) is 0 Å². The average Bonchev–Trinajstić information content (AvgIpc) is 3.47. The fourth-order valence-electron chi connectivity index (χ4n) is 3.93. The predicted molar refractivity (Wildman–Crippen MR) is 148 cm³/mol. The van der Waals surface area contributed by atoms with E-state index in [1.165, 1.54) is 0 Å². The second-order valence-electron chi connectivity index (χ2n) is 11.9. The van der Waals surface area contributed by atoms with Crippen molar-refractivity contribution >= 4 is 18.5 Å². The van der Waals surface area contributed by atoms with Gasteiger partial charge in [0.05, 0.1) is 25.3 Å². The number of unbranched alkanes of at least 4 members (excludes halogenated alkanes) is 4. The quantitative estimate of drug-likeness (QED) is 0.177. The summed E-state index contributed by atoms with van der Waals surface area (Å²) < 4.78 is 22.1. The van der Waals surface area contributed by atoms with E-state index in [2.05, 4.69) is 6.58 Å². The topological polar surface area (TPSA) is 94.6 Å². The average molecular weight is 541 g/mol. The maximum atomic E-state index is 11.9. The molecule has 2 fully saturated rings. The van der Waals surface area contributed by atoms with Crippen molar-refractivity contribution < 1.29 is 33.3 Å². The molecule has 2 heterocycles. The first-order chi connectivity index (χ1) is 17.8. The molecule has 0 radical (unpaired) electrons. The van der Waals surface area contributed by atoms with Gasteiger partial charge in [-0.15, -0.1) is 6.58 Å². The molecule has 2 aliphatic rings. The molecule has 2 saturated heterocycles. The second-order valence-corrected chi connectivity index (χ2v) is 11.9. The lowest BCUT2D eigenvalue weighted by molar-refractivity contribution is -0.108. The van der Waals surface area contributed by atoms with Gasteiger partial charge in [0.15, 0.2) is 0 Å². The van der Waals surface area contributed by atoms with Gasteiger partial charge in [-0.05, 0) is 86.5 Å². The molecule has 38 heavy (non-hydrogen) atoms. The largest absolute Gasteiger partial charge is 0.444 e. The van der Waals surface area contributed by atoms with Crippen LogP contribution >= 0.6 is 0 Å². The van der Waals surface area contributed by atoms with E-state index >= 15 is 0 Å². The van der Waals surface area contributed by atoms with E-state index in [9.17, 15) is 14.4 Å². The van der Waals surface area contributed by atoms with E-state index in [0.717, 1.165) is 64.4 Å². The van der Waals surface area contributed by atoms with Crippen molar-refractivity contribution in [1.29, 1.82) is 0 Å². The highest BCUT2D eigenvalue weighted by Gasteiger charge is 2.31. The standard InChI is InChI=1S/C15H27NO3.C14H25NO4/c1-5-6-7-8-11-18-13-9-10-16(12-13)14(17)19-15(2,3)4;1-14(2,3)19-13(17)15-8-7-12(11-15)18-10-6-4-5-9-16/h5,13H,1,6-12H2,2-4H3;9,12H,4-8,10-11H2,1-3H3/t13-;12-/m11/s1. The van der Waals surface area contributed by atoms with Crippen LogP contribution in [-0.4, -0.2) is 91.1 Å². The molecule has 2 rings (SSSR count). The van der Waals surface area contributed by atoms with Gasteiger partial charge in [0.1, 0.15) is 17.5 Å². The van der Waals surface area contributed by atoms with E-state index in [0.29, 0.717) is 32.7 Å². The van der Waals surface area contributed by atoms with Crippen molar-refractivity contribution in [2.75, 3.05) is 39.4 Å². The van der Waals surface area contributed by atoms with E-state index in [-0.39, 0.29) is 24.4 Å². The normalized spacial score (nSPS) is 19.5. The van der Waals surface area contributed by atoms with Gasteiger partial charge in [-0.2, -0.15) is 0 Å². The van der Waals surface area contributed by atoms with Crippen LogP contribution < -0.4 is 0 Å². The third kappa shape index (κ3) is 16.0. The number of hydrogen-bond acceptors (Lipinski definition) is 7. The minimum atomic E-state index is -0.454. The Kier molecular flexibility index (Phi) is 15.6. The molecule has 2 atom stereocenters. The Hall–Kier alpha value is -2.13. The summed E-state index contributed by atoms with van der Waals surface area (Å²) in [6.07, 6.45) is 9.95. The molecule has 0 aromatic heterocycles. The van der Waals surface area contributed by atoms with Gasteiger partial charge in [-0.25, -0.2) is 9.59 Å². The third-order valence-corrected chi connectivity index (χ3v) is 5.82. The van der Waals surface area contributed by atoms with Crippen LogP contribution in [0.3, 0.4) is 0 Å². The summed E-state index contributed by atoms with van der Waals surface area (Å²) in [6.45, 7) is 19.0. The highest BCUT2D eigenvalue weighted by Crippen LogP contribution is 2.18. The summed E-state index contributed by atoms with van der Waals surface area (Å²) in [5.41, 5.74) is -0.883. The third-order valence-electron chi connectivity index (χ3n) is 5.82. The Balaban J connectivity index is 0.000000380. The van der Waals surface area contributed by atoms with Crippen LogP contribution in [0.15, 0.2) is 12.7 Å². The van der Waals surface area contributed by atoms with Gasteiger partial charge in [0.25, 0.3) is 0 Å². The smallest absolute Gasteiger partial charge is 0.410 e. The van der Waals surface area contributed by atoms with Crippen molar-refractivity contribution in [1.82, 2.24) is 9.80 Å². The second kappa shape index (κ2) is 17.5. The first-order valence-electron chi connectivity index (χ1n) is 14.1. The molecule has 2 amide bonds. The number of hydrogen-bond donors (Lipinski definition) is 0. The highest BCUT2D eigenvalue weighted by molar-refractivity contribution is 5.69. The predicted octanol–water partition coefficient (Wildman–Crippen LogP) is 5.75. The summed E-state index contributed by atoms with van der Waals surface area (Å²) in [5.74, 6) is 0. The minimum Gasteiger partial charge on any atom is -0.444 e. The van der Waals surface area contributed by atoms with Crippen molar-refractivity contribution in [3.63, 3.8) is 0 Å². The molecule has 0 unspecified atom stereocenters. The van der Waals surface area contributed by atoms with Gasteiger partial charge < -0.3 is 33.5 Å². The molecule has 9 heteroatoms. The number of aldehydes is 1. The molecule has 0 aromatic carbocycles. The van der Waals surface area contributed by atoms with Crippen LogP contribution in [0.2, 0.25) is 0 Å². The van der Waals surface area contributed by atoms with E-state index in [1.54, 1.807) is 9.80 Å². The Labute approximate surface area is 230 Å². The first kappa shape index (κ1) is 33.9. The summed E-state index contributed by atoms with van der Waals surface area (Å²) >= 11 is 0. The van der Waals surface area contributed by atoms with Crippen LogP contribution in [0.25, 0.3) is 0 Å². The van der Waals surface area contributed by atoms with Crippen molar-refractivity contribution in [2.24, 2.45) is 0 Å². The van der Waals surface area contributed by atoms with Crippen molar-refractivity contribution in [3.05, 3.63) is 12.7 Å². The monoisotopic (exact) mass is 540 g/mol. The van der Waals surface area contributed by atoms with Gasteiger partial charge in [0, 0.05) is 32.7 Å². The van der Waals surface area contributed by atoms with E-state index in [1.807, 2.05) is 47.6 Å². The van der Waals surface area contributed by atoms with Gasteiger partial charge in [0.2, 0.25) is 0 Å². The number of allylic oxidation sites excluding steroid dienone is 1. The lowest BCUT2D eigenvalue weighted by Crippen LogP contribution is -2.36. The molecule has 0 N–H and O–H groups in total. The lowest BCUT2D eigenvalue weighted by Gasteiger charge is -2.24. The Morgan fingerprint density at radius 1 is 0.763 bits per heavy atom. The fourth-order valence-corrected chi connectivity index (χ4v) is 3.93. The van der Waals surface area contributed by atoms with Gasteiger partial charge >= 0.3 is 12.2 Å². The molecular formula is C29H52N2O7. The summed E-state index contributed by atoms with van der Waals surface area (Å²) in [5, 5.41) is 0. The zero-order valence-corrected chi connectivity index (χ0v) is 24.7. The number of nitrogens with zero attached hydrogens (tertiary/aromatic N) is 2. The Morgan fingerprint density at radius 3 is 1.55 bits per heavy atom. The lowest BCUT2D eigenvalue weighted by atomic mass is 10.2. The van der Waals surface area contributed by atoms with E-state index in [4.69, 9.17) is 18.9 Å². The molecule has 0 saturated carbocycles. The molecule has 9 nitrogen and oxygen atoms in total. The van der Waals surface area contributed by atoms with Crippen LogP contribution in [-0.2, 0) is 23.7 Å². The van der Waals surface area contributed by atoms with Crippen LogP contribution in [0.4, 0.5) is 9.59 Å². The maximum absolute atomic E-state index is 11.9. The molecule has 2 aliphatic heterocycles. The SMILES string of the molecule is C=CCCCCO[C@@H]1CCN(C(=O)OC(C)(C)C)C1.CC(C)(C)OC(=O)N1CC[C@@H](OCCCCC=O)C1. The molecule has 0 spiro atoms. The van der Waals surface area contributed by atoms with Crippen molar-refractivity contribution in [2.45, 2.75) is 116 Å². The summed E-state index contributed by atoms with van der Waals surface area (Å²) in [7, 11) is 0. The van der Waals surface area contributed by atoms with Crippen LogP contribution in [0.1, 0.15) is 92.9 Å². The number of ether oxygens (including phenoxy) is 4. The number of rotatable bonds is 12. The van der Waals surface area contributed by atoms with Gasteiger partial charge in [-0.3, -0.25) is 0 Å². The maximum Gasteiger partial charge on any atom is 0.410 e. The Morgan fingerprint density at radius 2 is 1.18 bits per heavy atom. The number of likely N-dealkylation sites (tertiary alicyclic amines) is 2. The molecule has 0 aliphatic carbocycles. The minimum absolute atomic E-state index is 0.101. The molecular weight excluding hydrogens is 488 g/mol. The summed E-state index contributed by atoms with van der Waals surface area (Å²) in [6, 6.07) is 0. The summed E-state index contributed by atoms with van der Waals surface area (Å²) in [4.78, 5) is 37.3. The van der Waals surface area contributed by atoms with Crippen molar-refractivity contribution in [3.8, 4) is 0 Å². The Bertz CT molecular complexity index is 655. The number of amides is 2. The molecule has 0 bridgehead atoms. The highest BCUT2D eigenvalue weighted by atomic mass is 16.6. The number of carbonyl (C=O) groups excluding carboxylic acids is 3. The number of carbonyl (C=O) groups is 3. The molecule has 220 valence electrons. The fraction of sp³-hybridized carbons (Fsp3) is 0.828.